The summed E-state index contributed by atoms with van der Waals surface area (Å²) in [6.45, 7) is 3.46. The van der Waals surface area contributed by atoms with E-state index in [0.717, 1.165) is 24.1 Å². The maximum atomic E-state index is 5.60. The van der Waals surface area contributed by atoms with Gasteiger partial charge in [0.15, 0.2) is 0 Å². The third kappa shape index (κ3) is 3.71. The van der Waals surface area contributed by atoms with E-state index in [9.17, 15) is 0 Å². The number of halogens is 1. The molecule has 0 aliphatic heterocycles. The number of ether oxygens (including phenoxy) is 1. The zero-order chi connectivity index (χ0) is 8.81. The first kappa shape index (κ1) is 10.2. The Kier molecular flexibility index (Phi) is 4.90. The molecule has 1 aromatic heterocycles. The van der Waals surface area contributed by atoms with Crippen LogP contribution < -0.4 is 0 Å². The molecule has 1 heterocycles. The van der Waals surface area contributed by atoms with Crippen LogP contribution in [0.15, 0.2) is 5.16 Å². The van der Waals surface area contributed by atoms with Gasteiger partial charge in [-0.05, 0) is 30.1 Å². The van der Waals surface area contributed by atoms with Gasteiger partial charge in [-0.3, -0.25) is 0 Å². The predicted octanol–water partition coefficient (Wildman–Crippen LogP) is 2.32. The largest absolute Gasteiger partial charge is 0.381 e. The topological polar surface area (TPSA) is 35.0 Å². The molecule has 1 aromatic rings. The van der Waals surface area contributed by atoms with E-state index in [4.69, 9.17) is 16.3 Å². The van der Waals surface area contributed by atoms with Crippen molar-refractivity contribution in [2.45, 2.75) is 12.1 Å². The number of aromatic nitrogens is 2. The van der Waals surface area contributed by atoms with Crippen molar-refractivity contribution in [1.82, 2.24) is 9.36 Å². The first-order chi connectivity index (χ1) is 5.83. The minimum absolute atomic E-state index is 0.494. The summed E-state index contributed by atoms with van der Waals surface area (Å²) in [5, 5.41) is 0.740. The Balaban J connectivity index is 2.15. The van der Waals surface area contributed by atoms with Gasteiger partial charge in [-0.25, -0.2) is 0 Å². The van der Waals surface area contributed by atoms with E-state index < -0.39 is 0 Å². The lowest BCUT2D eigenvalue weighted by Gasteiger charge is -1.96. The van der Waals surface area contributed by atoms with Crippen LogP contribution in [-0.2, 0) is 4.74 Å². The minimum atomic E-state index is 0.494. The van der Waals surface area contributed by atoms with Gasteiger partial charge in [0.1, 0.15) is 0 Å². The summed E-state index contributed by atoms with van der Waals surface area (Å²) in [6, 6.07) is 0. The molecule has 0 saturated heterocycles. The van der Waals surface area contributed by atoms with Crippen LogP contribution in [-0.4, -0.2) is 28.3 Å². The number of rotatable bonds is 5. The van der Waals surface area contributed by atoms with Crippen LogP contribution in [0, 0.1) is 0 Å². The van der Waals surface area contributed by atoms with E-state index in [2.05, 4.69) is 9.36 Å². The lowest BCUT2D eigenvalue weighted by Crippen LogP contribution is -1.95. The Morgan fingerprint density at radius 1 is 1.67 bits per heavy atom. The molecule has 1 rings (SSSR count). The Hall–Kier alpha value is 0.160. The second-order valence-corrected chi connectivity index (χ2v) is 4.27. The van der Waals surface area contributed by atoms with E-state index in [1.165, 1.54) is 11.5 Å². The van der Waals surface area contributed by atoms with Gasteiger partial charge < -0.3 is 4.74 Å². The number of nitrogens with zero attached hydrogens (tertiary/aromatic N) is 2. The second kappa shape index (κ2) is 5.75. The Morgan fingerprint density at radius 2 is 2.50 bits per heavy atom. The molecule has 0 fully saturated rings. The number of thioether (sulfide) groups is 1. The zero-order valence-corrected chi connectivity index (χ0v) is 9.01. The molecule has 0 aromatic carbocycles. The predicted molar refractivity (Wildman–Crippen MR) is 52.1 cm³/mol. The summed E-state index contributed by atoms with van der Waals surface area (Å²) in [6.07, 6.45) is 0. The van der Waals surface area contributed by atoms with Gasteiger partial charge in [0, 0.05) is 12.4 Å². The summed E-state index contributed by atoms with van der Waals surface area (Å²) in [5.74, 6) is 0.876. The van der Waals surface area contributed by atoms with Crippen molar-refractivity contribution < 1.29 is 4.74 Å². The van der Waals surface area contributed by atoms with Gasteiger partial charge in [0.2, 0.25) is 9.62 Å². The lowest BCUT2D eigenvalue weighted by atomic mass is 10.8. The second-order valence-electron chi connectivity index (χ2n) is 1.88. The van der Waals surface area contributed by atoms with Gasteiger partial charge in [-0.1, -0.05) is 11.8 Å². The third-order valence-electron chi connectivity index (χ3n) is 1.05. The molecule has 0 amide bonds. The van der Waals surface area contributed by atoms with Crippen molar-refractivity contribution in [2.75, 3.05) is 19.0 Å². The van der Waals surface area contributed by atoms with Crippen molar-refractivity contribution >= 4 is 34.9 Å². The molecule has 0 saturated carbocycles. The Labute approximate surface area is 84.7 Å². The van der Waals surface area contributed by atoms with Crippen LogP contribution in [0.25, 0.3) is 0 Å². The van der Waals surface area contributed by atoms with Crippen LogP contribution in [0.1, 0.15) is 6.92 Å². The van der Waals surface area contributed by atoms with Crippen molar-refractivity contribution in [1.29, 1.82) is 0 Å². The summed E-state index contributed by atoms with van der Waals surface area (Å²) < 4.78 is 9.67. The van der Waals surface area contributed by atoms with Crippen LogP contribution in [0.5, 0.6) is 0 Å². The van der Waals surface area contributed by atoms with E-state index in [-0.39, 0.29) is 0 Å². The van der Waals surface area contributed by atoms with Crippen LogP contribution in [0.4, 0.5) is 0 Å². The molecule has 68 valence electrons. The molecule has 6 heteroatoms. The van der Waals surface area contributed by atoms with Crippen LogP contribution in [0.2, 0.25) is 4.47 Å². The van der Waals surface area contributed by atoms with E-state index >= 15 is 0 Å². The molecule has 0 spiro atoms. The van der Waals surface area contributed by atoms with E-state index in [1.54, 1.807) is 11.8 Å². The normalized spacial score (nSPS) is 10.5. The SMILES string of the molecule is CCOCCSc1nsc(Cl)n1. The van der Waals surface area contributed by atoms with Gasteiger partial charge >= 0.3 is 0 Å². The highest BCUT2D eigenvalue weighted by molar-refractivity contribution is 7.99. The molecular formula is C6H9ClN2OS2. The average Bonchev–Trinajstić information content (AvgIpc) is 2.45. The number of hydrogen-bond donors (Lipinski definition) is 0. The fraction of sp³-hybridized carbons (Fsp3) is 0.667. The Morgan fingerprint density at radius 3 is 3.08 bits per heavy atom. The Bertz CT molecular complexity index is 231. The summed E-state index contributed by atoms with van der Waals surface area (Å²) in [7, 11) is 0. The molecule has 0 atom stereocenters. The molecule has 0 radical (unpaired) electrons. The minimum Gasteiger partial charge on any atom is -0.381 e. The fourth-order valence-corrected chi connectivity index (χ4v) is 2.06. The fourth-order valence-electron chi connectivity index (χ4n) is 0.588. The van der Waals surface area contributed by atoms with E-state index in [0.29, 0.717) is 4.47 Å². The zero-order valence-electron chi connectivity index (χ0n) is 6.62. The first-order valence-electron chi connectivity index (χ1n) is 3.52. The maximum absolute atomic E-state index is 5.60. The van der Waals surface area contributed by atoms with Gasteiger partial charge in [0.05, 0.1) is 6.61 Å². The first-order valence-corrected chi connectivity index (χ1v) is 5.66. The monoisotopic (exact) mass is 224 g/mol. The smallest absolute Gasteiger partial charge is 0.204 e. The van der Waals surface area contributed by atoms with Crippen LogP contribution >= 0.6 is 34.9 Å². The van der Waals surface area contributed by atoms with Gasteiger partial charge in [-0.2, -0.15) is 9.36 Å². The van der Waals surface area contributed by atoms with Crippen molar-refractivity contribution in [3.05, 3.63) is 4.47 Å². The highest BCUT2D eigenvalue weighted by Gasteiger charge is 2.00. The molecule has 0 unspecified atom stereocenters. The van der Waals surface area contributed by atoms with Gasteiger partial charge in [-0.15, -0.1) is 0 Å². The molecule has 12 heavy (non-hydrogen) atoms. The van der Waals surface area contributed by atoms with Crippen molar-refractivity contribution in [3.8, 4) is 0 Å². The lowest BCUT2D eigenvalue weighted by molar-refractivity contribution is 0.164. The molecular weight excluding hydrogens is 216 g/mol. The molecule has 0 aliphatic rings. The summed E-state index contributed by atoms with van der Waals surface area (Å²) >= 11 is 8.37. The van der Waals surface area contributed by atoms with Gasteiger partial charge in [0.25, 0.3) is 0 Å². The number of hydrogen-bond acceptors (Lipinski definition) is 5. The quantitative estimate of drug-likeness (QED) is 0.568. The highest BCUT2D eigenvalue weighted by Crippen LogP contribution is 2.19. The summed E-state index contributed by atoms with van der Waals surface area (Å²) in [5.41, 5.74) is 0. The third-order valence-corrected chi connectivity index (χ3v) is 2.77. The molecule has 0 aliphatic carbocycles. The summed E-state index contributed by atoms with van der Waals surface area (Å²) in [4.78, 5) is 3.99. The molecule has 3 nitrogen and oxygen atoms in total. The van der Waals surface area contributed by atoms with Crippen molar-refractivity contribution in [3.63, 3.8) is 0 Å². The average molecular weight is 225 g/mol. The molecule has 0 bridgehead atoms. The van der Waals surface area contributed by atoms with E-state index in [1.807, 2.05) is 6.92 Å². The maximum Gasteiger partial charge on any atom is 0.204 e. The molecule has 0 N–H and O–H groups in total. The highest BCUT2D eigenvalue weighted by atomic mass is 35.5. The standard InChI is InChI=1S/C6H9ClN2OS2/c1-2-10-3-4-11-6-8-5(7)12-9-6/h2-4H2,1H3. The van der Waals surface area contributed by atoms with Crippen LogP contribution in [0.3, 0.4) is 0 Å². The van der Waals surface area contributed by atoms with Crippen molar-refractivity contribution in [2.24, 2.45) is 0 Å².